The van der Waals surface area contributed by atoms with E-state index in [9.17, 15) is 13.2 Å². The highest BCUT2D eigenvalue weighted by Gasteiger charge is 2.34. The van der Waals surface area contributed by atoms with Crippen LogP contribution in [0.1, 0.15) is 62.2 Å². The lowest BCUT2D eigenvalue weighted by atomic mass is 9.99. The molecule has 3 heterocycles. The van der Waals surface area contributed by atoms with Gasteiger partial charge in [0.05, 0.1) is 4.90 Å². The zero-order valence-electron chi connectivity index (χ0n) is 15.9. The zero-order chi connectivity index (χ0) is 19.0. The van der Waals surface area contributed by atoms with Crippen LogP contribution >= 0.6 is 0 Å². The molecular weight excluding hydrogens is 362 g/mol. The van der Waals surface area contributed by atoms with Gasteiger partial charge < -0.3 is 10.6 Å². The summed E-state index contributed by atoms with van der Waals surface area (Å²) in [4.78, 5) is 12.9. The quantitative estimate of drug-likeness (QED) is 0.825. The van der Waals surface area contributed by atoms with Crippen LogP contribution in [-0.2, 0) is 10.0 Å². The summed E-state index contributed by atoms with van der Waals surface area (Å²) in [5, 5.41) is 6.68. The molecular formula is C20H29N3O3S. The van der Waals surface area contributed by atoms with Crippen LogP contribution in [0.3, 0.4) is 0 Å². The number of benzene rings is 1. The van der Waals surface area contributed by atoms with Gasteiger partial charge in [0.25, 0.3) is 5.91 Å². The molecule has 0 radical (unpaired) electrons. The van der Waals surface area contributed by atoms with Gasteiger partial charge in [-0.05, 0) is 63.6 Å². The number of carbonyl (C=O) groups excluding carboxylic acids is 1. The Morgan fingerprint density at radius 2 is 1.89 bits per heavy atom. The lowest BCUT2D eigenvalue weighted by Crippen LogP contribution is -2.48. The smallest absolute Gasteiger partial charge is 0.251 e. The molecule has 2 N–H and O–H groups in total. The molecule has 7 heteroatoms. The van der Waals surface area contributed by atoms with E-state index in [2.05, 4.69) is 10.6 Å². The van der Waals surface area contributed by atoms with Crippen molar-refractivity contribution in [1.82, 2.24) is 14.9 Å². The Morgan fingerprint density at radius 3 is 2.59 bits per heavy atom. The van der Waals surface area contributed by atoms with Crippen LogP contribution in [-0.4, -0.2) is 49.3 Å². The molecule has 3 aliphatic rings. The maximum Gasteiger partial charge on any atom is 0.251 e. The molecule has 4 rings (SSSR count). The fourth-order valence-corrected chi connectivity index (χ4v) is 6.55. The molecule has 2 bridgehead atoms. The lowest BCUT2D eigenvalue weighted by Gasteiger charge is -2.32. The Kier molecular flexibility index (Phi) is 5.27. The van der Waals surface area contributed by atoms with E-state index in [0.29, 0.717) is 24.2 Å². The number of fused-ring (bicyclic) bond motifs is 2. The first-order valence-electron chi connectivity index (χ1n) is 10.1. The molecule has 1 aromatic carbocycles. The summed E-state index contributed by atoms with van der Waals surface area (Å²) in [6, 6.07) is 7.67. The van der Waals surface area contributed by atoms with Gasteiger partial charge in [0.1, 0.15) is 0 Å². The third kappa shape index (κ3) is 3.91. The summed E-state index contributed by atoms with van der Waals surface area (Å²) in [6.07, 6.45) is 7.10. The molecule has 6 nitrogen and oxygen atoms in total. The summed E-state index contributed by atoms with van der Waals surface area (Å²) in [6.45, 7) is 2.51. The van der Waals surface area contributed by atoms with Crippen LogP contribution in [0.25, 0.3) is 0 Å². The monoisotopic (exact) mass is 391 g/mol. The molecule has 0 spiro atoms. The largest absolute Gasteiger partial charge is 0.349 e. The first-order valence-corrected chi connectivity index (χ1v) is 11.6. The molecule has 3 unspecified atom stereocenters. The van der Waals surface area contributed by atoms with Gasteiger partial charge in [-0.1, -0.05) is 12.5 Å². The Balaban J connectivity index is 1.49. The standard InChI is InChI=1S/C20H29N3O3S/c1-14-5-2-3-10-23(14)27(25,26)19-7-4-6-15(11-19)20(24)22-18-12-16-8-9-17(13-18)21-16/h4,6-7,11,14,16-18,21H,2-3,5,8-10,12-13H2,1H3,(H,22,24). The van der Waals surface area contributed by atoms with Crippen LogP contribution in [0, 0.1) is 0 Å². The van der Waals surface area contributed by atoms with E-state index in [0.717, 1.165) is 32.1 Å². The van der Waals surface area contributed by atoms with Gasteiger partial charge in [-0.3, -0.25) is 4.79 Å². The zero-order valence-corrected chi connectivity index (χ0v) is 16.7. The van der Waals surface area contributed by atoms with Crippen molar-refractivity contribution < 1.29 is 13.2 Å². The molecule has 0 aliphatic carbocycles. The molecule has 1 aromatic rings. The van der Waals surface area contributed by atoms with Crippen LogP contribution in [0.5, 0.6) is 0 Å². The Morgan fingerprint density at radius 1 is 1.15 bits per heavy atom. The highest BCUT2D eigenvalue weighted by molar-refractivity contribution is 7.89. The fourth-order valence-electron chi connectivity index (χ4n) is 4.81. The van der Waals surface area contributed by atoms with Crippen LogP contribution in [0.2, 0.25) is 0 Å². The normalized spacial score (nSPS) is 31.6. The summed E-state index contributed by atoms with van der Waals surface area (Å²) in [5.74, 6) is -0.176. The molecule has 1 amide bonds. The Hall–Kier alpha value is -1.44. The number of nitrogens with zero attached hydrogens (tertiary/aromatic N) is 1. The molecule has 27 heavy (non-hydrogen) atoms. The van der Waals surface area contributed by atoms with Crippen LogP contribution in [0.15, 0.2) is 29.2 Å². The topological polar surface area (TPSA) is 78.5 Å². The second-order valence-corrected chi connectivity index (χ2v) is 10.2. The molecule has 3 fully saturated rings. The van der Waals surface area contributed by atoms with Crippen molar-refractivity contribution in [1.29, 1.82) is 0 Å². The van der Waals surface area contributed by atoms with Gasteiger partial charge in [-0.2, -0.15) is 4.31 Å². The summed E-state index contributed by atoms with van der Waals surface area (Å²) < 4.78 is 27.7. The van der Waals surface area contributed by atoms with Gasteiger partial charge in [0.15, 0.2) is 0 Å². The van der Waals surface area contributed by atoms with E-state index in [1.807, 2.05) is 6.92 Å². The van der Waals surface area contributed by atoms with Crippen molar-refractivity contribution in [2.75, 3.05) is 6.54 Å². The molecule has 3 atom stereocenters. The average molecular weight is 392 g/mol. The summed E-state index contributed by atoms with van der Waals surface area (Å²) in [7, 11) is -3.56. The SMILES string of the molecule is CC1CCCCN1S(=O)(=O)c1cccc(C(=O)NC2CC3CCC(C2)N3)c1. The number of amides is 1. The number of hydrogen-bond acceptors (Lipinski definition) is 4. The Labute approximate surface area is 161 Å². The van der Waals surface area contributed by atoms with Crippen molar-refractivity contribution in [3.8, 4) is 0 Å². The van der Waals surface area contributed by atoms with Gasteiger partial charge in [-0.15, -0.1) is 0 Å². The van der Waals surface area contributed by atoms with Crippen molar-refractivity contribution >= 4 is 15.9 Å². The van der Waals surface area contributed by atoms with Crippen LogP contribution in [0.4, 0.5) is 0 Å². The van der Waals surface area contributed by atoms with Crippen LogP contribution < -0.4 is 10.6 Å². The van der Waals surface area contributed by atoms with Gasteiger partial charge >= 0.3 is 0 Å². The average Bonchev–Trinajstić information content (AvgIpc) is 3.00. The fraction of sp³-hybridized carbons (Fsp3) is 0.650. The molecule has 0 saturated carbocycles. The summed E-state index contributed by atoms with van der Waals surface area (Å²) >= 11 is 0. The van der Waals surface area contributed by atoms with Crippen molar-refractivity contribution in [2.45, 2.75) is 80.9 Å². The molecule has 3 aliphatic heterocycles. The first kappa shape index (κ1) is 18.9. The van der Waals surface area contributed by atoms with Gasteiger partial charge in [0, 0.05) is 36.3 Å². The highest BCUT2D eigenvalue weighted by Crippen LogP contribution is 2.28. The second-order valence-electron chi connectivity index (χ2n) is 8.27. The minimum Gasteiger partial charge on any atom is -0.349 e. The van der Waals surface area contributed by atoms with E-state index in [1.165, 1.54) is 18.9 Å². The number of carbonyl (C=O) groups is 1. The van der Waals surface area contributed by atoms with E-state index in [4.69, 9.17) is 0 Å². The minimum atomic E-state index is -3.56. The number of nitrogens with one attached hydrogen (secondary N) is 2. The maximum atomic E-state index is 13.0. The first-order chi connectivity index (χ1) is 12.9. The Bertz CT molecular complexity index is 798. The minimum absolute atomic E-state index is 0.00597. The van der Waals surface area contributed by atoms with E-state index < -0.39 is 10.0 Å². The molecule has 0 aromatic heterocycles. The lowest BCUT2D eigenvalue weighted by molar-refractivity contribution is 0.0923. The molecule has 3 saturated heterocycles. The van der Waals surface area contributed by atoms with Crippen molar-refractivity contribution in [2.24, 2.45) is 0 Å². The van der Waals surface area contributed by atoms with E-state index in [-0.39, 0.29) is 22.9 Å². The predicted molar refractivity (Wildman–Crippen MR) is 104 cm³/mol. The van der Waals surface area contributed by atoms with Crippen molar-refractivity contribution in [3.05, 3.63) is 29.8 Å². The summed E-state index contributed by atoms with van der Waals surface area (Å²) in [5.41, 5.74) is 0.423. The van der Waals surface area contributed by atoms with Crippen molar-refractivity contribution in [3.63, 3.8) is 0 Å². The highest BCUT2D eigenvalue weighted by atomic mass is 32.2. The van der Waals surface area contributed by atoms with E-state index in [1.54, 1.807) is 22.5 Å². The van der Waals surface area contributed by atoms with Gasteiger partial charge in [0.2, 0.25) is 10.0 Å². The third-order valence-corrected chi connectivity index (χ3v) is 8.26. The second kappa shape index (κ2) is 7.53. The third-order valence-electron chi connectivity index (χ3n) is 6.25. The number of rotatable bonds is 4. The number of sulfonamides is 1. The molecule has 148 valence electrons. The predicted octanol–water partition coefficient (Wildman–Crippen LogP) is 2.26. The van der Waals surface area contributed by atoms with E-state index >= 15 is 0 Å². The van der Waals surface area contributed by atoms with Gasteiger partial charge in [-0.25, -0.2) is 8.42 Å². The maximum absolute atomic E-state index is 13.0. The number of hydrogen-bond donors (Lipinski definition) is 2. The number of piperidine rings is 2.